The fraction of sp³-hybridized carbons (Fsp3) is 0.455. The van der Waals surface area contributed by atoms with E-state index in [0.717, 1.165) is 74.3 Å². The fourth-order valence-corrected chi connectivity index (χ4v) is 5.40. The summed E-state index contributed by atoms with van der Waals surface area (Å²) in [5, 5.41) is 8.02. The van der Waals surface area contributed by atoms with E-state index in [1.165, 1.54) is 22.8 Å². The molecular formula is C33H44N2O7. The normalized spacial score (nSPS) is 15.8. The van der Waals surface area contributed by atoms with Gasteiger partial charge in [0.15, 0.2) is 23.0 Å². The Kier molecular flexibility index (Phi) is 12.3. The molecule has 4 rings (SSSR count). The molecule has 1 aliphatic carbocycles. The van der Waals surface area contributed by atoms with Crippen molar-refractivity contribution in [3.05, 3.63) is 70.8 Å². The number of carbonyl (C=O) groups is 2. The Labute approximate surface area is 249 Å². The highest BCUT2D eigenvalue weighted by Crippen LogP contribution is 2.42. The summed E-state index contributed by atoms with van der Waals surface area (Å²) in [4.78, 5) is 27.0. The summed E-state index contributed by atoms with van der Waals surface area (Å²) in [5.41, 5.74) is 4.91. The van der Waals surface area contributed by atoms with Crippen LogP contribution in [-0.2, 0) is 28.9 Å². The van der Waals surface area contributed by atoms with Crippen molar-refractivity contribution in [3.63, 3.8) is 0 Å². The SMILES string of the molecule is C/C=C/C=C/C(=O)O.COc1cc2c(cc1OC)CC(=O)N(CCCN(C)C[C@H]1Cc3cc(OC)c(OC)cc31)CC2. The molecule has 0 saturated heterocycles. The van der Waals surface area contributed by atoms with Gasteiger partial charge in [0.1, 0.15) is 0 Å². The molecule has 1 aliphatic heterocycles. The number of aliphatic carboxylic acids is 1. The molecule has 0 spiro atoms. The first kappa shape index (κ1) is 32.5. The van der Waals surface area contributed by atoms with Crippen LogP contribution < -0.4 is 18.9 Å². The van der Waals surface area contributed by atoms with E-state index in [-0.39, 0.29) is 5.91 Å². The van der Waals surface area contributed by atoms with Gasteiger partial charge in [0.05, 0.1) is 34.9 Å². The number of ether oxygens (including phenoxy) is 4. The van der Waals surface area contributed by atoms with Crippen molar-refractivity contribution in [2.24, 2.45) is 0 Å². The molecule has 0 aromatic heterocycles. The number of hydrogen-bond donors (Lipinski definition) is 1. The van der Waals surface area contributed by atoms with Gasteiger partial charge in [-0.3, -0.25) is 4.79 Å². The Balaban J connectivity index is 0.000000531. The van der Waals surface area contributed by atoms with Crippen molar-refractivity contribution in [2.75, 3.05) is 61.7 Å². The van der Waals surface area contributed by atoms with Gasteiger partial charge in [-0.2, -0.15) is 0 Å². The molecule has 0 bridgehead atoms. The van der Waals surface area contributed by atoms with Crippen LogP contribution in [0.5, 0.6) is 23.0 Å². The van der Waals surface area contributed by atoms with E-state index in [4.69, 9.17) is 24.1 Å². The lowest BCUT2D eigenvalue weighted by Gasteiger charge is -2.34. The molecule has 2 aromatic carbocycles. The van der Waals surface area contributed by atoms with Gasteiger partial charge in [-0.25, -0.2) is 4.79 Å². The van der Waals surface area contributed by atoms with Crippen molar-refractivity contribution in [3.8, 4) is 23.0 Å². The predicted molar refractivity (Wildman–Crippen MR) is 163 cm³/mol. The van der Waals surface area contributed by atoms with Crippen LogP contribution in [0.15, 0.2) is 48.6 Å². The molecule has 2 aromatic rings. The standard InChI is InChI=1S/C27H36N2O5.C6H8O2/c1-28(17-21-11-20-14-25(33-4)26(34-5)16-22(20)21)8-6-9-29-10-7-18-12-23(31-2)24(32-3)13-19(18)15-27(29)30;1-2-3-4-5-6(7)8/h12-14,16,21H,6-11,15,17H2,1-5H3;2-5H,1H3,(H,7,8)/b;3-2+,5-4+/t21-;/m1./s1. The van der Waals surface area contributed by atoms with Crippen LogP contribution in [0.25, 0.3) is 0 Å². The summed E-state index contributed by atoms with van der Waals surface area (Å²) in [6, 6.07) is 8.18. The summed E-state index contributed by atoms with van der Waals surface area (Å²) in [5.74, 6) is 2.78. The molecule has 1 heterocycles. The van der Waals surface area contributed by atoms with Crippen molar-refractivity contribution >= 4 is 11.9 Å². The number of fused-ring (bicyclic) bond motifs is 2. The number of nitrogens with zero attached hydrogens (tertiary/aromatic N) is 2. The number of methoxy groups -OCH3 is 4. The Hall–Kier alpha value is -3.98. The Morgan fingerprint density at radius 2 is 1.55 bits per heavy atom. The zero-order valence-electron chi connectivity index (χ0n) is 25.6. The van der Waals surface area contributed by atoms with Crippen LogP contribution in [0.1, 0.15) is 41.5 Å². The number of carbonyl (C=O) groups excluding carboxylic acids is 1. The highest BCUT2D eigenvalue weighted by molar-refractivity contribution is 5.80. The topological polar surface area (TPSA) is 97.8 Å². The molecule has 0 radical (unpaired) electrons. The summed E-state index contributed by atoms with van der Waals surface area (Å²) in [7, 11) is 8.79. The van der Waals surface area contributed by atoms with Crippen LogP contribution in [-0.4, -0.2) is 88.4 Å². The zero-order valence-corrected chi connectivity index (χ0v) is 25.6. The largest absolute Gasteiger partial charge is 0.493 e. The second-order valence-corrected chi connectivity index (χ2v) is 10.4. The highest BCUT2D eigenvalue weighted by Gasteiger charge is 2.29. The third kappa shape index (κ3) is 8.52. The van der Waals surface area contributed by atoms with E-state index >= 15 is 0 Å². The van der Waals surface area contributed by atoms with E-state index in [0.29, 0.717) is 18.1 Å². The Morgan fingerprint density at radius 1 is 0.952 bits per heavy atom. The van der Waals surface area contributed by atoms with Gasteiger partial charge >= 0.3 is 5.97 Å². The zero-order chi connectivity index (χ0) is 30.6. The quantitative estimate of drug-likeness (QED) is 0.289. The molecule has 0 unspecified atom stereocenters. The van der Waals surface area contributed by atoms with Gasteiger partial charge < -0.3 is 33.9 Å². The number of rotatable bonds is 12. The fourth-order valence-electron chi connectivity index (χ4n) is 5.40. The molecule has 9 heteroatoms. The van der Waals surface area contributed by atoms with Crippen molar-refractivity contribution < 1.29 is 33.6 Å². The van der Waals surface area contributed by atoms with Gasteiger partial charge in [-0.15, -0.1) is 0 Å². The third-order valence-electron chi connectivity index (χ3n) is 7.65. The lowest BCUT2D eigenvalue weighted by Crippen LogP contribution is -2.36. The first-order chi connectivity index (χ1) is 20.2. The van der Waals surface area contributed by atoms with Gasteiger partial charge in [0.2, 0.25) is 5.91 Å². The first-order valence-corrected chi connectivity index (χ1v) is 14.2. The van der Waals surface area contributed by atoms with Gasteiger partial charge in [0, 0.05) is 31.6 Å². The predicted octanol–water partition coefficient (Wildman–Crippen LogP) is 4.51. The van der Waals surface area contributed by atoms with E-state index in [9.17, 15) is 9.59 Å². The molecule has 0 fully saturated rings. The summed E-state index contributed by atoms with van der Waals surface area (Å²) >= 11 is 0. The van der Waals surface area contributed by atoms with Crippen molar-refractivity contribution in [1.82, 2.24) is 9.80 Å². The van der Waals surface area contributed by atoms with Crippen LogP contribution >= 0.6 is 0 Å². The highest BCUT2D eigenvalue weighted by atomic mass is 16.5. The Bertz CT molecular complexity index is 1290. The average Bonchev–Trinajstić information content (AvgIpc) is 3.12. The molecule has 1 N–H and O–H groups in total. The molecule has 0 saturated carbocycles. The smallest absolute Gasteiger partial charge is 0.328 e. The van der Waals surface area contributed by atoms with Crippen LogP contribution in [0.4, 0.5) is 0 Å². The minimum absolute atomic E-state index is 0.183. The molecule has 42 heavy (non-hydrogen) atoms. The van der Waals surface area contributed by atoms with E-state index in [1.807, 2.05) is 24.0 Å². The number of likely N-dealkylation sites (N-methyl/N-ethyl adjacent to an activating group) is 1. The molecule has 1 amide bonds. The second-order valence-electron chi connectivity index (χ2n) is 10.4. The Morgan fingerprint density at radius 3 is 2.14 bits per heavy atom. The second kappa shape index (κ2) is 15.9. The summed E-state index contributed by atoms with van der Waals surface area (Å²) in [6.45, 7) is 5.30. The van der Waals surface area contributed by atoms with Gasteiger partial charge in [-0.1, -0.05) is 18.2 Å². The molecule has 9 nitrogen and oxygen atoms in total. The minimum atomic E-state index is -0.914. The van der Waals surface area contributed by atoms with E-state index in [1.54, 1.807) is 40.6 Å². The van der Waals surface area contributed by atoms with Crippen LogP contribution in [0.3, 0.4) is 0 Å². The lowest BCUT2D eigenvalue weighted by atomic mass is 9.77. The van der Waals surface area contributed by atoms with Crippen LogP contribution in [0, 0.1) is 0 Å². The molecule has 228 valence electrons. The number of benzene rings is 2. The van der Waals surface area contributed by atoms with E-state index < -0.39 is 5.97 Å². The molecule has 2 aliphatic rings. The summed E-state index contributed by atoms with van der Waals surface area (Å²) in [6.07, 6.45) is 9.25. The molecule has 1 atom stereocenters. The van der Waals surface area contributed by atoms with Gasteiger partial charge in [0.25, 0.3) is 0 Å². The summed E-state index contributed by atoms with van der Waals surface area (Å²) < 4.78 is 21.7. The van der Waals surface area contributed by atoms with Crippen molar-refractivity contribution in [1.29, 1.82) is 0 Å². The third-order valence-corrected chi connectivity index (χ3v) is 7.65. The maximum Gasteiger partial charge on any atom is 0.328 e. The number of carboxylic acids is 1. The maximum atomic E-state index is 12.9. The minimum Gasteiger partial charge on any atom is -0.493 e. The number of carboxylic acid groups (broad SMARTS) is 1. The number of amides is 1. The molecular weight excluding hydrogens is 536 g/mol. The average molecular weight is 581 g/mol. The van der Waals surface area contributed by atoms with Gasteiger partial charge in [-0.05, 0) is 86.3 Å². The van der Waals surface area contributed by atoms with E-state index in [2.05, 4.69) is 24.1 Å². The lowest BCUT2D eigenvalue weighted by molar-refractivity contribution is -0.131. The van der Waals surface area contributed by atoms with Crippen molar-refractivity contribution in [2.45, 2.75) is 38.5 Å². The monoisotopic (exact) mass is 580 g/mol. The maximum absolute atomic E-state index is 12.9. The van der Waals surface area contributed by atoms with Crippen LogP contribution in [0.2, 0.25) is 0 Å². The number of hydrogen-bond acceptors (Lipinski definition) is 7. The first-order valence-electron chi connectivity index (χ1n) is 14.2. The number of allylic oxidation sites excluding steroid dienone is 3.